The molecule has 0 radical (unpaired) electrons. The first-order valence-corrected chi connectivity index (χ1v) is 7.92. The van der Waals surface area contributed by atoms with E-state index in [0.29, 0.717) is 26.1 Å². The van der Waals surface area contributed by atoms with Crippen LogP contribution in [-0.4, -0.2) is 46.4 Å². The number of amides is 1. The Kier molecular flexibility index (Phi) is 4.75. The monoisotopic (exact) mass is 331 g/mol. The Morgan fingerprint density at radius 2 is 2.12 bits per heavy atom. The number of carbonyl (C=O) groups excluding carboxylic acids is 1. The quantitative estimate of drug-likeness (QED) is 0.881. The zero-order valence-corrected chi connectivity index (χ0v) is 13.8. The fraction of sp³-hybridized carbons (Fsp3) is 0.500. The van der Waals surface area contributed by atoms with Gasteiger partial charge in [0, 0.05) is 18.8 Å². The van der Waals surface area contributed by atoms with Gasteiger partial charge in [0.15, 0.2) is 0 Å². The summed E-state index contributed by atoms with van der Waals surface area (Å²) < 4.78 is 12.4. The van der Waals surface area contributed by atoms with Crippen LogP contribution >= 0.6 is 0 Å². The van der Waals surface area contributed by atoms with Gasteiger partial charge < -0.3 is 14.8 Å². The summed E-state index contributed by atoms with van der Waals surface area (Å²) in [5.41, 5.74) is 0.442. The molecule has 0 bridgehead atoms. The Labute approximate surface area is 140 Å². The van der Waals surface area contributed by atoms with Crippen LogP contribution in [0.3, 0.4) is 0 Å². The van der Waals surface area contributed by atoms with E-state index >= 15 is 0 Å². The van der Waals surface area contributed by atoms with Crippen LogP contribution in [0.1, 0.15) is 31.4 Å². The van der Waals surface area contributed by atoms with Gasteiger partial charge in [-0.2, -0.15) is 0 Å². The van der Waals surface area contributed by atoms with Gasteiger partial charge in [0.05, 0.1) is 12.6 Å². The fourth-order valence-corrected chi connectivity index (χ4v) is 3.03. The van der Waals surface area contributed by atoms with Crippen molar-refractivity contribution in [3.63, 3.8) is 0 Å². The maximum Gasteiger partial charge on any atom is 0.245 e. The molecule has 1 aromatic carbocycles. The summed E-state index contributed by atoms with van der Waals surface area (Å²) in [5, 5.41) is 14.2. The Bertz CT molecular complexity index is 683. The fourth-order valence-electron chi connectivity index (χ4n) is 3.03. The number of hydrogen-bond acceptors (Lipinski definition) is 6. The predicted octanol–water partition coefficient (Wildman–Crippen LogP) is 1.06. The minimum Gasteiger partial charge on any atom is -0.496 e. The van der Waals surface area contributed by atoms with E-state index in [-0.39, 0.29) is 5.91 Å². The minimum absolute atomic E-state index is 0.143. The summed E-state index contributed by atoms with van der Waals surface area (Å²) in [6.07, 6.45) is 2.80. The van der Waals surface area contributed by atoms with Crippen molar-refractivity contribution < 1.29 is 14.3 Å². The number of benzene rings is 1. The molecule has 1 amide bonds. The van der Waals surface area contributed by atoms with E-state index < -0.39 is 11.6 Å². The lowest BCUT2D eigenvalue weighted by molar-refractivity contribution is -0.127. The molecule has 1 aliphatic rings. The molecule has 24 heavy (non-hydrogen) atoms. The molecule has 1 atom stereocenters. The number of rotatable bonds is 5. The van der Waals surface area contributed by atoms with Crippen LogP contribution in [0.4, 0.5) is 0 Å². The summed E-state index contributed by atoms with van der Waals surface area (Å²) >= 11 is 0. The van der Waals surface area contributed by atoms with E-state index in [4.69, 9.17) is 9.47 Å². The molecule has 1 N–H and O–H groups in total. The molecule has 0 aliphatic carbocycles. The largest absolute Gasteiger partial charge is 0.496 e. The van der Waals surface area contributed by atoms with Crippen LogP contribution in [0.15, 0.2) is 30.6 Å². The standard InChI is InChI=1S/C16H21N5O3/c1-12(21-11-17-19-20-21)15(22)18-16(7-9-24-10-8-16)13-5-3-4-6-14(13)23-2/h3-6,11-12H,7-10H2,1-2H3,(H,18,22)/t12-/m0/s1. The zero-order valence-electron chi connectivity index (χ0n) is 13.8. The normalized spacial score (nSPS) is 17.9. The lowest BCUT2D eigenvalue weighted by Gasteiger charge is -2.39. The Morgan fingerprint density at radius 1 is 1.38 bits per heavy atom. The molecule has 1 aliphatic heterocycles. The van der Waals surface area contributed by atoms with Gasteiger partial charge in [-0.25, -0.2) is 4.68 Å². The first-order chi connectivity index (χ1) is 11.7. The molecule has 0 spiro atoms. The second-order valence-corrected chi connectivity index (χ2v) is 5.85. The maximum absolute atomic E-state index is 12.8. The minimum atomic E-state index is -0.524. The third kappa shape index (κ3) is 3.09. The molecule has 2 heterocycles. The van der Waals surface area contributed by atoms with Gasteiger partial charge in [0.2, 0.25) is 5.91 Å². The Morgan fingerprint density at radius 3 is 2.79 bits per heavy atom. The Balaban J connectivity index is 1.90. The third-order valence-electron chi connectivity index (χ3n) is 4.47. The van der Waals surface area contributed by atoms with Crippen LogP contribution in [0, 0.1) is 0 Å². The second kappa shape index (κ2) is 6.96. The van der Waals surface area contributed by atoms with Crippen molar-refractivity contribution in [1.29, 1.82) is 0 Å². The van der Waals surface area contributed by atoms with Gasteiger partial charge in [-0.3, -0.25) is 4.79 Å². The summed E-state index contributed by atoms with van der Waals surface area (Å²) in [4.78, 5) is 12.8. The number of para-hydroxylation sites is 1. The van der Waals surface area contributed by atoms with Crippen molar-refractivity contribution in [1.82, 2.24) is 25.5 Å². The number of nitrogens with one attached hydrogen (secondary N) is 1. The smallest absolute Gasteiger partial charge is 0.245 e. The first kappa shape index (κ1) is 16.4. The van der Waals surface area contributed by atoms with Crippen molar-refractivity contribution in [3.8, 4) is 5.75 Å². The van der Waals surface area contributed by atoms with Crippen LogP contribution in [0.5, 0.6) is 5.75 Å². The van der Waals surface area contributed by atoms with E-state index in [9.17, 15) is 4.79 Å². The number of aromatic nitrogens is 4. The second-order valence-electron chi connectivity index (χ2n) is 5.85. The van der Waals surface area contributed by atoms with E-state index in [0.717, 1.165) is 11.3 Å². The number of ether oxygens (including phenoxy) is 2. The molecule has 0 saturated carbocycles. The highest BCUT2D eigenvalue weighted by Crippen LogP contribution is 2.37. The lowest BCUT2D eigenvalue weighted by atomic mass is 9.81. The molecule has 1 fully saturated rings. The Hall–Kier alpha value is -2.48. The molecular formula is C16H21N5O3. The summed E-state index contributed by atoms with van der Waals surface area (Å²) in [5.74, 6) is 0.616. The molecule has 8 nitrogen and oxygen atoms in total. The lowest BCUT2D eigenvalue weighted by Crippen LogP contribution is -2.51. The molecule has 0 unspecified atom stereocenters. The molecule has 1 aromatic heterocycles. The van der Waals surface area contributed by atoms with Gasteiger partial charge in [-0.15, -0.1) is 5.10 Å². The van der Waals surface area contributed by atoms with Crippen LogP contribution in [0.25, 0.3) is 0 Å². The molecule has 128 valence electrons. The molecule has 3 rings (SSSR count). The van der Waals surface area contributed by atoms with E-state index in [1.165, 1.54) is 11.0 Å². The zero-order chi connectivity index (χ0) is 17.0. The number of hydrogen-bond donors (Lipinski definition) is 1. The SMILES string of the molecule is COc1ccccc1C1(NC(=O)[C@H](C)n2cnnn2)CCOCC1. The maximum atomic E-state index is 12.8. The van der Waals surface area contributed by atoms with E-state index in [2.05, 4.69) is 20.8 Å². The molecule has 1 saturated heterocycles. The number of carbonyl (C=O) groups is 1. The van der Waals surface area contributed by atoms with Crippen molar-refractivity contribution in [2.45, 2.75) is 31.3 Å². The average molecular weight is 331 g/mol. The molecular weight excluding hydrogens is 310 g/mol. The van der Waals surface area contributed by atoms with Crippen LogP contribution < -0.4 is 10.1 Å². The highest BCUT2D eigenvalue weighted by atomic mass is 16.5. The van der Waals surface area contributed by atoms with Gasteiger partial charge in [-0.1, -0.05) is 18.2 Å². The van der Waals surface area contributed by atoms with E-state index in [1.807, 2.05) is 24.3 Å². The highest BCUT2D eigenvalue weighted by Gasteiger charge is 2.39. The van der Waals surface area contributed by atoms with Crippen molar-refractivity contribution in [2.24, 2.45) is 0 Å². The number of nitrogens with zero attached hydrogens (tertiary/aromatic N) is 4. The average Bonchev–Trinajstić information content (AvgIpc) is 3.16. The summed E-state index contributed by atoms with van der Waals surface area (Å²) in [6, 6.07) is 7.26. The first-order valence-electron chi connectivity index (χ1n) is 7.92. The van der Waals surface area contributed by atoms with E-state index in [1.54, 1.807) is 14.0 Å². The van der Waals surface area contributed by atoms with Gasteiger partial charge in [-0.05, 0) is 36.3 Å². The van der Waals surface area contributed by atoms with Crippen molar-refractivity contribution in [2.75, 3.05) is 20.3 Å². The molecule has 8 heteroatoms. The van der Waals surface area contributed by atoms with Gasteiger partial charge in [0.25, 0.3) is 0 Å². The number of methoxy groups -OCH3 is 1. The third-order valence-corrected chi connectivity index (χ3v) is 4.47. The van der Waals surface area contributed by atoms with Crippen LogP contribution in [-0.2, 0) is 15.1 Å². The highest BCUT2D eigenvalue weighted by molar-refractivity contribution is 5.81. The van der Waals surface area contributed by atoms with Gasteiger partial charge in [0.1, 0.15) is 18.1 Å². The van der Waals surface area contributed by atoms with Crippen molar-refractivity contribution >= 4 is 5.91 Å². The van der Waals surface area contributed by atoms with Gasteiger partial charge >= 0.3 is 0 Å². The summed E-state index contributed by atoms with van der Waals surface area (Å²) in [6.45, 7) is 2.93. The summed E-state index contributed by atoms with van der Waals surface area (Å²) in [7, 11) is 1.64. The number of tetrazole rings is 1. The predicted molar refractivity (Wildman–Crippen MR) is 85.4 cm³/mol. The topological polar surface area (TPSA) is 91.2 Å². The van der Waals surface area contributed by atoms with Crippen molar-refractivity contribution in [3.05, 3.63) is 36.2 Å². The molecule has 2 aromatic rings. The van der Waals surface area contributed by atoms with Crippen LogP contribution in [0.2, 0.25) is 0 Å².